The number of hydrogen-bond acceptors (Lipinski definition) is 3. The molecule has 0 bridgehead atoms. The molecule has 0 aromatic heterocycles. The number of anilines is 1. The number of hydrogen-bond donors (Lipinski definition) is 1. The fourth-order valence-electron chi connectivity index (χ4n) is 1.32. The van der Waals surface area contributed by atoms with Gasteiger partial charge in [0.15, 0.2) is 6.61 Å². The summed E-state index contributed by atoms with van der Waals surface area (Å²) in [5, 5.41) is 2.67. The van der Waals surface area contributed by atoms with Crippen molar-refractivity contribution >= 4 is 17.6 Å². The number of carbonyl (C=O) groups is 2. The van der Waals surface area contributed by atoms with Gasteiger partial charge in [-0.2, -0.15) is 0 Å². The van der Waals surface area contributed by atoms with Gasteiger partial charge >= 0.3 is 5.97 Å². The van der Waals surface area contributed by atoms with Crippen molar-refractivity contribution in [2.75, 3.05) is 11.9 Å². The molecule has 0 aliphatic heterocycles. The van der Waals surface area contributed by atoms with Crippen molar-refractivity contribution < 1.29 is 14.3 Å². The first kappa shape index (κ1) is 14.2. The minimum Gasteiger partial charge on any atom is -0.455 e. The Labute approximate surface area is 107 Å². The number of nitrogens with one attached hydrogen (secondary N) is 1. The molecule has 1 N–H and O–H groups in total. The fraction of sp³-hybridized carbons (Fsp3) is 0.429. The Morgan fingerprint density at radius 2 is 1.83 bits per heavy atom. The van der Waals surface area contributed by atoms with Gasteiger partial charge in [0.2, 0.25) is 0 Å². The van der Waals surface area contributed by atoms with Crippen LogP contribution in [0.15, 0.2) is 24.3 Å². The molecule has 0 saturated heterocycles. The summed E-state index contributed by atoms with van der Waals surface area (Å²) in [6.45, 7) is 5.28. The van der Waals surface area contributed by atoms with Crippen LogP contribution in [0.3, 0.4) is 0 Å². The summed E-state index contributed by atoms with van der Waals surface area (Å²) in [7, 11) is 0. The first-order valence-electron chi connectivity index (χ1n) is 6.08. The van der Waals surface area contributed by atoms with Gasteiger partial charge in [0.25, 0.3) is 5.91 Å². The largest absolute Gasteiger partial charge is 0.455 e. The van der Waals surface area contributed by atoms with Crippen LogP contribution < -0.4 is 5.32 Å². The normalized spacial score (nSPS) is 10.2. The van der Waals surface area contributed by atoms with Gasteiger partial charge in [-0.1, -0.05) is 32.9 Å². The Hall–Kier alpha value is -1.84. The highest BCUT2D eigenvalue weighted by Crippen LogP contribution is 2.09. The molecule has 0 aliphatic rings. The molecule has 98 valence electrons. The standard InChI is InChI=1S/C14H19NO3/c1-4-11-5-7-12(8-6-11)15-13(16)9-18-14(17)10(2)3/h5-8,10H,4,9H2,1-3H3,(H,15,16). The molecule has 1 rings (SSSR count). The maximum absolute atomic E-state index is 11.5. The molecule has 18 heavy (non-hydrogen) atoms. The molecule has 0 radical (unpaired) electrons. The highest BCUT2D eigenvalue weighted by molar-refractivity contribution is 5.92. The lowest BCUT2D eigenvalue weighted by molar-refractivity contribution is -0.150. The van der Waals surface area contributed by atoms with Crippen LogP contribution in [0.2, 0.25) is 0 Å². The van der Waals surface area contributed by atoms with Gasteiger partial charge in [-0.25, -0.2) is 0 Å². The molecular weight excluding hydrogens is 230 g/mol. The van der Waals surface area contributed by atoms with E-state index in [-0.39, 0.29) is 24.4 Å². The molecule has 1 aromatic carbocycles. The summed E-state index contributed by atoms with van der Waals surface area (Å²) in [4.78, 5) is 22.7. The zero-order chi connectivity index (χ0) is 13.5. The van der Waals surface area contributed by atoms with E-state index in [1.807, 2.05) is 24.3 Å². The van der Waals surface area contributed by atoms with E-state index in [1.54, 1.807) is 13.8 Å². The Balaban J connectivity index is 2.42. The van der Waals surface area contributed by atoms with Crippen molar-refractivity contribution in [3.05, 3.63) is 29.8 Å². The second kappa shape index (κ2) is 6.79. The zero-order valence-corrected chi connectivity index (χ0v) is 11.0. The number of benzene rings is 1. The third kappa shape index (κ3) is 4.57. The van der Waals surface area contributed by atoms with Gasteiger partial charge in [-0.05, 0) is 24.1 Å². The fourth-order valence-corrected chi connectivity index (χ4v) is 1.32. The minimum absolute atomic E-state index is 0.221. The van der Waals surface area contributed by atoms with E-state index in [0.29, 0.717) is 5.69 Å². The van der Waals surface area contributed by atoms with E-state index in [4.69, 9.17) is 4.74 Å². The van der Waals surface area contributed by atoms with Crippen molar-refractivity contribution in [3.63, 3.8) is 0 Å². The first-order valence-corrected chi connectivity index (χ1v) is 6.08. The molecule has 0 aliphatic carbocycles. The second-order valence-electron chi connectivity index (χ2n) is 4.36. The van der Waals surface area contributed by atoms with Gasteiger partial charge in [0, 0.05) is 5.69 Å². The molecule has 0 fully saturated rings. The van der Waals surface area contributed by atoms with E-state index < -0.39 is 0 Å². The van der Waals surface area contributed by atoms with E-state index in [1.165, 1.54) is 5.56 Å². The SMILES string of the molecule is CCc1ccc(NC(=O)COC(=O)C(C)C)cc1. The molecule has 0 unspecified atom stereocenters. The molecule has 0 saturated carbocycles. The third-order valence-corrected chi connectivity index (χ3v) is 2.46. The number of ether oxygens (including phenoxy) is 1. The van der Waals surface area contributed by atoms with Crippen LogP contribution >= 0.6 is 0 Å². The topological polar surface area (TPSA) is 55.4 Å². The molecule has 0 atom stereocenters. The van der Waals surface area contributed by atoms with Crippen LogP contribution in [0.25, 0.3) is 0 Å². The second-order valence-corrected chi connectivity index (χ2v) is 4.36. The Bertz CT molecular complexity index is 410. The van der Waals surface area contributed by atoms with Gasteiger partial charge in [0.05, 0.1) is 5.92 Å². The molecule has 1 amide bonds. The average molecular weight is 249 g/mol. The minimum atomic E-state index is -0.369. The number of aryl methyl sites for hydroxylation is 1. The van der Waals surface area contributed by atoms with Crippen LogP contribution in [-0.4, -0.2) is 18.5 Å². The Morgan fingerprint density at radius 1 is 1.22 bits per heavy atom. The van der Waals surface area contributed by atoms with E-state index >= 15 is 0 Å². The summed E-state index contributed by atoms with van der Waals surface area (Å²) in [6.07, 6.45) is 0.959. The van der Waals surface area contributed by atoms with E-state index in [2.05, 4.69) is 12.2 Å². The van der Waals surface area contributed by atoms with E-state index in [9.17, 15) is 9.59 Å². The number of rotatable bonds is 5. The number of esters is 1. The summed E-state index contributed by atoms with van der Waals surface area (Å²) in [5.74, 6) is -0.915. The smallest absolute Gasteiger partial charge is 0.308 e. The maximum Gasteiger partial charge on any atom is 0.308 e. The summed E-state index contributed by atoms with van der Waals surface area (Å²) in [6, 6.07) is 7.58. The number of amides is 1. The van der Waals surface area contributed by atoms with Gasteiger partial charge in [-0.15, -0.1) is 0 Å². The Kier molecular flexibility index (Phi) is 5.36. The maximum atomic E-state index is 11.5. The van der Waals surface area contributed by atoms with Crippen molar-refractivity contribution in [1.82, 2.24) is 0 Å². The predicted molar refractivity (Wildman–Crippen MR) is 70.2 cm³/mol. The van der Waals surface area contributed by atoms with Crippen LogP contribution in [-0.2, 0) is 20.7 Å². The summed E-state index contributed by atoms with van der Waals surface area (Å²) < 4.78 is 4.83. The highest BCUT2D eigenvalue weighted by Gasteiger charge is 2.11. The first-order chi connectivity index (χ1) is 8.52. The monoisotopic (exact) mass is 249 g/mol. The molecule has 4 heteroatoms. The van der Waals surface area contributed by atoms with Crippen molar-refractivity contribution in [2.24, 2.45) is 5.92 Å². The van der Waals surface area contributed by atoms with Gasteiger partial charge < -0.3 is 10.1 Å². The molecule has 0 heterocycles. The van der Waals surface area contributed by atoms with Gasteiger partial charge in [0.1, 0.15) is 0 Å². The summed E-state index contributed by atoms with van der Waals surface area (Å²) in [5.41, 5.74) is 1.91. The molecular formula is C14H19NO3. The van der Waals surface area contributed by atoms with Crippen molar-refractivity contribution in [3.8, 4) is 0 Å². The third-order valence-electron chi connectivity index (χ3n) is 2.46. The van der Waals surface area contributed by atoms with Crippen molar-refractivity contribution in [2.45, 2.75) is 27.2 Å². The number of carbonyl (C=O) groups excluding carboxylic acids is 2. The van der Waals surface area contributed by atoms with E-state index in [0.717, 1.165) is 6.42 Å². The zero-order valence-electron chi connectivity index (χ0n) is 11.0. The van der Waals surface area contributed by atoms with Crippen LogP contribution in [0.4, 0.5) is 5.69 Å². The van der Waals surface area contributed by atoms with Gasteiger partial charge in [-0.3, -0.25) is 9.59 Å². The molecule has 1 aromatic rings. The Morgan fingerprint density at radius 3 is 2.33 bits per heavy atom. The average Bonchev–Trinajstić information content (AvgIpc) is 2.36. The van der Waals surface area contributed by atoms with Crippen LogP contribution in [0.1, 0.15) is 26.3 Å². The van der Waals surface area contributed by atoms with Crippen LogP contribution in [0.5, 0.6) is 0 Å². The summed E-state index contributed by atoms with van der Waals surface area (Å²) >= 11 is 0. The lowest BCUT2D eigenvalue weighted by atomic mass is 10.1. The molecule has 0 spiro atoms. The van der Waals surface area contributed by atoms with Crippen LogP contribution in [0, 0.1) is 5.92 Å². The predicted octanol–water partition coefficient (Wildman–Crippen LogP) is 2.39. The quantitative estimate of drug-likeness (QED) is 0.815. The molecule has 4 nitrogen and oxygen atoms in total. The van der Waals surface area contributed by atoms with Crippen molar-refractivity contribution in [1.29, 1.82) is 0 Å². The lowest BCUT2D eigenvalue weighted by Crippen LogP contribution is -2.22. The lowest BCUT2D eigenvalue weighted by Gasteiger charge is -2.08. The highest BCUT2D eigenvalue weighted by atomic mass is 16.5.